The number of hydrogen-bond acceptors (Lipinski definition) is 6. The maximum Gasteiger partial charge on any atom is 0.256 e. The Kier molecular flexibility index (Phi) is 5.90. The van der Waals surface area contributed by atoms with E-state index in [4.69, 9.17) is 4.74 Å². The zero-order valence-corrected chi connectivity index (χ0v) is 17.0. The van der Waals surface area contributed by atoms with E-state index in [0.717, 1.165) is 15.6 Å². The second-order valence-corrected chi connectivity index (χ2v) is 8.43. The lowest BCUT2D eigenvalue weighted by molar-refractivity contribution is 0.102. The minimum atomic E-state index is -3.55. The SMILES string of the molecule is COc1ccc(-c2cc(NC(=O)c3ccc(S(=O)(=O)N(C)C)cc3)ncn2)cc1. The third-order valence-corrected chi connectivity index (χ3v) is 6.02. The van der Waals surface area contributed by atoms with E-state index in [1.54, 1.807) is 13.2 Å². The Morgan fingerprint density at radius 2 is 1.66 bits per heavy atom. The number of ether oxygens (including phenoxy) is 1. The van der Waals surface area contributed by atoms with Gasteiger partial charge >= 0.3 is 0 Å². The van der Waals surface area contributed by atoms with Crippen molar-refractivity contribution in [1.29, 1.82) is 0 Å². The Morgan fingerprint density at radius 1 is 1.00 bits per heavy atom. The Hall–Kier alpha value is -3.30. The molecule has 0 bridgehead atoms. The fourth-order valence-electron chi connectivity index (χ4n) is 2.52. The van der Waals surface area contributed by atoms with Gasteiger partial charge in [0.2, 0.25) is 10.0 Å². The van der Waals surface area contributed by atoms with Gasteiger partial charge in [0.25, 0.3) is 5.91 Å². The molecule has 0 saturated carbocycles. The van der Waals surface area contributed by atoms with Crippen LogP contribution < -0.4 is 10.1 Å². The molecule has 0 spiro atoms. The number of carbonyl (C=O) groups excluding carboxylic acids is 1. The van der Waals surface area contributed by atoms with Crippen molar-refractivity contribution in [2.75, 3.05) is 26.5 Å². The molecular formula is C20H20N4O4S. The maximum atomic E-state index is 12.5. The number of hydrogen-bond donors (Lipinski definition) is 1. The predicted molar refractivity (Wildman–Crippen MR) is 109 cm³/mol. The monoisotopic (exact) mass is 412 g/mol. The molecule has 0 radical (unpaired) electrons. The molecular weight excluding hydrogens is 392 g/mol. The van der Waals surface area contributed by atoms with Crippen LogP contribution in [0.5, 0.6) is 5.75 Å². The normalized spacial score (nSPS) is 11.3. The molecule has 9 heteroatoms. The van der Waals surface area contributed by atoms with Gasteiger partial charge in [-0.25, -0.2) is 22.7 Å². The van der Waals surface area contributed by atoms with E-state index in [2.05, 4.69) is 15.3 Å². The number of carbonyl (C=O) groups is 1. The van der Waals surface area contributed by atoms with Crippen LogP contribution in [0.3, 0.4) is 0 Å². The van der Waals surface area contributed by atoms with Crippen molar-refractivity contribution in [3.63, 3.8) is 0 Å². The number of nitrogens with one attached hydrogen (secondary N) is 1. The molecule has 1 heterocycles. The number of rotatable bonds is 6. The summed E-state index contributed by atoms with van der Waals surface area (Å²) in [7, 11) is 0.945. The number of sulfonamides is 1. The van der Waals surface area contributed by atoms with Crippen LogP contribution in [-0.4, -0.2) is 49.8 Å². The molecule has 2 aromatic carbocycles. The van der Waals surface area contributed by atoms with Crippen LogP contribution >= 0.6 is 0 Å². The van der Waals surface area contributed by atoms with Crippen molar-refractivity contribution < 1.29 is 17.9 Å². The summed E-state index contributed by atoms with van der Waals surface area (Å²) >= 11 is 0. The van der Waals surface area contributed by atoms with Gasteiger partial charge in [0.15, 0.2) is 0 Å². The van der Waals surface area contributed by atoms with E-state index in [9.17, 15) is 13.2 Å². The lowest BCUT2D eigenvalue weighted by atomic mass is 10.1. The summed E-state index contributed by atoms with van der Waals surface area (Å²) in [5, 5.41) is 2.70. The molecule has 0 fully saturated rings. The predicted octanol–water partition coefficient (Wildman–Crippen LogP) is 2.65. The molecule has 0 saturated heterocycles. The van der Waals surface area contributed by atoms with Crippen molar-refractivity contribution in [1.82, 2.24) is 14.3 Å². The van der Waals surface area contributed by atoms with Crippen LogP contribution in [0, 0.1) is 0 Å². The molecule has 0 aliphatic heterocycles. The van der Waals surface area contributed by atoms with Gasteiger partial charge in [-0.1, -0.05) is 0 Å². The van der Waals surface area contributed by atoms with Gasteiger partial charge in [-0.15, -0.1) is 0 Å². The molecule has 1 N–H and O–H groups in total. The Morgan fingerprint density at radius 3 is 2.24 bits per heavy atom. The Labute approximate surface area is 169 Å². The molecule has 0 unspecified atom stereocenters. The van der Waals surface area contributed by atoms with Gasteiger partial charge in [-0.05, 0) is 48.5 Å². The number of nitrogens with zero attached hydrogens (tertiary/aromatic N) is 3. The third-order valence-electron chi connectivity index (χ3n) is 4.19. The first-order valence-electron chi connectivity index (χ1n) is 8.61. The molecule has 0 aliphatic carbocycles. The van der Waals surface area contributed by atoms with E-state index < -0.39 is 15.9 Å². The second-order valence-electron chi connectivity index (χ2n) is 6.28. The molecule has 150 valence electrons. The van der Waals surface area contributed by atoms with E-state index in [0.29, 0.717) is 17.1 Å². The summed E-state index contributed by atoms with van der Waals surface area (Å²) in [5.74, 6) is 0.662. The molecule has 1 aromatic heterocycles. The van der Waals surface area contributed by atoms with Crippen LogP contribution in [0.4, 0.5) is 5.82 Å². The van der Waals surface area contributed by atoms with E-state index in [-0.39, 0.29) is 4.90 Å². The summed E-state index contributed by atoms with van der Waals surface area (Å²) in [6.07, 6.45) is 1.36. The number of amides is 1. The highest BCUT2D eigenvalue weighted by atomic mass is 32.2. The summed E-state index contributed by atoms with van der Waals surface area (Å²) < 4.78 is 30.5. The van der Waals surface area contributed by atoms with Gasteiger partial charge in [0.1, 0.15) is 17.9 Å². The smallest absolute Gasteiger partial charge is 0.256 e. The highest BCUT2D eigenvalue weighted by Crippen LogP contribution is 2.22. The highest BCUT2D eigenvalue weighted by molar-refractivity contribution is 7.89. The Balaban J connectivity index is 1.77. The van der Waals surface area contributed by atoms with Crippen molar-refractivity contribution in [3.8, 4) is 17.0 Å². The number of aromatic nitrogens is 2. The molecule has 3 aromatic rings. The van der Waals surface area contributed by atoms with Crippen LogP contribution in [0.15, 0.2) is 65.8 Å². The van der Waals surface area contributed by atoms with Crippen molar-refractivity contribution in [3.05, 3.63) is 66.5 Å². The number of anilines is 1. The average Bonchev–Trinajstić information content (AvgIpc) is 2.74. The first-order valence-corrected chi connectivity index (χ1v) is 10.1. The summed E-state index contributed by atoms with van der Waals surface area (Å²) in [5.41, 5.74) is 1.81. The quantitative estimate of drug-likeness (QED) is 0.668. The summed E-state index contributed by atoms with van der Waals surface area (Å²) in [6.45, 7) is 0. The van der Waals surface area contributed by atoms with Gasteiger partial charge in [0.05, 0.1) is 17.7 Å². The average molecular weight is 412 g/mol. The van der Waals surface area contributed by atoms with Gasteiger partial charge in [-0.2, -0.15) is 0 Å². The molecule has 0 atom stereocenters. The second kappa shape index (κ2) is 8.38. The van der Waals surface area contributed by atoms with Crippen molar-refractivity contribution in [2.24, 2.45) is 0 Å². The van der Waals surface area contributed by atoms with Gasteiger partial charge < -0.3 is 10.1 Å². The summed E-state index contributed by atoms with van der Waals surface area (Å²) in [6, 6.07) is 14.7. The lowest BCUT2D eigenvalue weighted by Crippen LogP contribution is -2.22. The molecule has 29 heavy (non-hydrogen) atoms. The number of methoxy groups -OCH3 is 1. The number of benzene rings is 2. The maximum absolute atomic E-state index is 12.5. The van der Waals surface area contributed by atoms with E-state index in [1.807, 2.05) is 24.3 Å². The molecule has 1 amide bonds. The van der Waals surface area contributed by atoms with Crippen molar-refractivity contribution in [2.45, 2.75) is 4.90 Å². The standard InChI is InChI=1S/C20H20N4O4S/c1-24(2)29(26,27)17-10-6-15(7-11-17)20(25)23-19-12-18(21-13-22-19)14-4-8-16(28-3)9-5-14/h4-13H,1-3H3,(H,21,22,23,25). The molecule has 0 aliphatic rings. The summed E-state index contributed by atoms with van der Waals surface area (Å²) in [4.78, 5) is 20.9. The van der Waals surface area contributed by atoms with Gasteiger partial charge in [-0.3, -0.25) is 4.79 Å². The first-order chi connectivity index (χ1) is 13.8. The molecule has 8 nitrogen and oxygen atoms in total. The Bertz CT molecular complexity index is 1110. The zero-order valence-electron chi connectivity index (χ0n) is 16.2. The zero-order chi connectivity index (χ0) is 21.0. The highest BCUT2D eigenvalue weighted by Gasteiger charge is 2.17. The minimum Gasteiger partial charge on any atom is -0.497 e. The fraction of sp³-hybridized carbons (Fsp3) is 0.150. The van der Waals surface area contributed by atoms with E-state index >= 15 is 0 Å². The lowest BCUT2D eigenvalue weighted by Gasteiger charge is -2.11. The van der Waals surface area contributed by atoms with E-state index in [1.165, 1.54) is 44.7 Å². The largest absolute Gasteiger partial charge is 0.497 e. The fourth-order valence-corrected chi connectivity index (χ4v) is 3.42. The van der Waals surface area contributed by atoms with Crippen molar-refractivity contribution >= 4 is 21.7 Å². The van der Waals surface area contributed by atoms with Crippen LogP contribution in [0.2, 0.25) is 0 Å². The van der Waals surface area contributed by atoms with Crippen LogP contribution in [0.25, 0.3) is 11.3 Å². The van der Waals surface area contributed by atoms with Crippen LogP contribution in [-0.2, 0) is 10.0 Å². The molecule has 3 rings (SSSR count). The first kappa shape index (κ1) is 20.4. The van der Waals surface area contributed by atoms with Crippen LogP contribution in [0.1, 0.15) is 10.4 Å². The third kappa shape index (κ3) is 4.58. The van der Waals surface area contributed by atoms with Gasteiger partial charge in [0, 0.05) is 31.3 Å². The topological polar surface area (TPSA) is 101 Å². The minimum absolute atomic E-state index is 0.114.